The molecule has 1 rings (SSSR count). The molecular formula is C15H30N2O2. The molecule has 4 nitrogen and oxygen atoms in total. The third-order valence-electron chi connectivity index (χ3n) is 4.32. The predicted molar refractivity (Wildman–Crippen MR) is 78.3 cm³/mol. The summed E-state index contributed by atoms with van der Waals surface area (Å²) in [6.45, 7) is 6.54. The molecule has 0 amide bonds. The Morgan fingerprint density at radius 1 is 1.26 bits per heavy atom. The molecule has 0 heterocycles. The van der Waals surface area contributed by atoms with Gasteiger partial charge in [0.25, 0.3) is 0 Å². The van der Waals surface area contributed by atoms with Gasteiger partial charge < -0.3 is 10.0 Å². The van der Waals surface area contributed by atoms with E-state index in [0.717, 1.165) is 25.4 Å². The van der Waals surface area contributed by atoms with Gasteiger partial charge in [-0.2, -0.15) is 0 Å². The Bertz CT molecular complexity index is 279. The Balaban J connectivity index is 2.59. The molecule has 1 N–H and O–H groups in total. The first-order chi connectivity index (χ1) is 8.90. The molecular weight excluding hydrogens is 240 g/mol. The summed E-state index contributed by atoms with van der Waals surface area (Å²) in [4.78, 5) is 15.4. The van der Waals surface area contributed by atoms with Crippen molar-refractivity contribution in [3.63, 3.8) is 0 Å². The molecule has 2 atom stereocenters. The highest BCUT2D eigenvalue weighted by molar-refractivity contribution is 5.69. The van der Waals surface area contributed by atoms with E-state index in [1.807, 2.05) is 14.1 Å². The van der Waals surface area contributed by atoms with Crippen LogP contribution in [0.3, 0.4) is 0 Å². The Morgan fingerprint density at radius 2 is 1.95 bits per heavy atom. The van der Waals surface area contributed by atoms with Crippen LogP contribution in [-0.2, 0) is 4.79 Å². The van der Waals surface area contributed by atoms with E-state index in [1.54, 1.807) is 0 Å². The van der Waals surface area contributed by atoms with Crippen molar-refractivity contribution in [2.24, 2.45) is 11.8 Å². The van der Waals surface area contributed by atoms with E-state index in [1.165, 1.54) is 19.3 Å². The van der Waals surface area contributed by atoms with Gasteiger partial charge >= 0.3 is 5.97 Å². The molecule has 0 radical (unpaired) electrons. The highest BCUT2D eigenvalue weighted by Gasteiger charge is 2.29. The first-order valence-corrected chi connectivity index (χ1v) is 7.50. The van der Waals surface area contributed by atoms with Gasteiger partial charge in [-0.3, -0.25) is 9.69 Å². The second-order valence-corrected chi connectivity index (χ2v) is 6.49. The zero-order chi connectivity index (χ0) is 14.4. The van der Waals surface area contributed by atoms with E-state index in [4.69, 9.17) is 5.11 Å². The molecule has 0 aliphatic heterocycles. The van der Waals surface area contributed by atoms with Gasteiger partial charge in [0.15, 0.2) is 0 Å². The number of carboxylic acid groups (broad SMARTS) is 1. The minimum absolute atomic E-state index is 0.184. The summed E-state index contributed by atoms with van der Waals surface area (Å²) in [7, 11) is 4.08. The second-order valence-electron chi connectivity index (χ2n) is 6.49. The summed E-state index contributed by atoms with van der Waals surface area (Å²) in [6, 6.07) is 0.456. The number of hydrogen-bond acceptors (Lipinski definition) is 3. The highest BCUT2D eigenvalue weighted by atomic mass is 16.4. The molecule has 1 aliphatic carbocycles. The lowest BCUT2D eigenvalue weighted by atomic mass is 9.79. The van der Waals surface area contributed by atoms with Crippen LogP contribution in [0.2, 0.25) is 0 Å². The molecule has 0 aromatic heterocycles. The maximum atomic E-state index is 11.1. The van der Waals surface area contributed by atoms with E-state index >= 15 is 0 Å². The van der Waals surface area contributed by atoms with Gasteiger partial charge in [0.1, 0.15) is 0 Å². The van der Waals surface area contributed by atoms with E-state index in [-0.39, 0.29) is 6.54 Å². The van der Waals surface area contributed by atoms with E-state index < -0.39 is 5.97 Å². The molecule has 0 aromatic rings. The van der Waals surface area contributed by atoms with Crippen LogP contribution in [0.25, 0.3) is 0 Å². The average molecular weight is 270 g/mol. The summed E-state index contributed by atoms with van der Waals surface area (Å²) in [5.41, 5.74) is 0. The molecule has 0 saturated heterocycles. The molecule has 0 spiro atoms. The van der Waals surface area contributed by atoms with Crippen molar-refractivity contribution < 1.29 is 9.90 Å². The SMILES string of the molecule is CC(C)C1CCCC(N(CCN(C)C)CC(=O)O)C1. The smallest absolute Gasteiger partial charge is 0.317 e. The first-order valence-electron chi connectivity index (χ1n) is 7.50. The monoisotopic (exact) mass is 270 g/mol. The summed E-state index contributed by atoms with van der Waals surface area (Å²) >= 11 is 0. The zero-order valence-electron chi connectivity index (χ0n) is 12.9. The minimum Gasteiger partial charge on any atom is -0.480 e. The third-order valence-corrected chi connectivity index (χ3v) is 4.32. The third kappa shape index (κ3) is 5.91. The average Bonchev–Trinajstić information content (AvgIpc) is 2.34. The highest BCUT2D eigenvalue weighted by Crippen LogP contribution is 2.32. The Hall–Kier alpha value is -0.610. The van der Waals surface area contributed by atoms with Gasteiger partial charge in [-0.25, -0.2) is 0 Å². The van der Waals surface area contributed by atoms with Crippen molar-refractivity contribution in [2.45, 2.75) is 45.6 Å². The quantitative estimate of drug-likeness (QED) is 0.770. The van der Waals surface area contributed by atoms with Crippen LogP contribution in [0.15, 0.2) is 0 Å². The van der Waals surface area contributed by atoms with Crippen molar-refractivity contribution in [3.05, 3.63) is 0 Å². The molecule has 19 heavy (non-hydrogen) atoms. The Kier molecular flexibility index (Phi) is 6.80. The number of likely N-dealkylation sites (N-methyl/N-ethyl adjacent to an activating group) is 1. The molecule has 112 valence electrons. The lowest BCUT2D eigenvalue weighted by Crippen LogP contribution is -2.45. The maximum Gasteiger partial charge on any atom is 0.317 e. The second kappa shape index (κ2) is 7.85. The van der Waals surface area contributed by atoms with Crippen molar-refractivity contribution >= 4 is 5.97 Å². The minimum atomic E-state index is -0.703. The summed E-state index contributed by atoms with van der Waals surface area (Å²) in [5, 5.41) is 9.10. The first kappa shape index (κ1) is 16.4. The van der Waals surface area contributed by atoms with Crippen LogP contribution in [0.4, 0.5) is 0 Å². The lowest BCUT2D eigenvalue weighted by molar-refractivity contribution is -0.139. The molecule has 0 aromatic carbocycles. The largest absolute Gasteiger partial charge is 0.480 e. The van der Waals surface area contributed by atoms with E-state index in [9.17, 15) is 4.79 Å². The number of carbonyl (C=O) groups is 1. The van der Waals surface area contributed by atoms with Gasteiger partial charge in [0, 0.05) is 19.1 Å². The van der Waals surface area contributed by atoms with Gasteiger partial charge in [0.05, 0.1) is 6.54 Å². The van der Waals surface area contributed by atoms with Crippen LogP contribution in [0.1, 0.15) is 39.5 Å². The van der Waals surface area contributed by atoms with E-state index in [0.29, 0.717) is 12.0 Å². The number of hydrogen-bond donors (Lipinski definition) is 1. The van der Waals surface area contributed by atoms with Crippen LogP contribution < -0.4 is 0 Å². The Morgan fingerprint density at radius 3 is 2.47 bits per heavy atom. The normalized spacial score (nSPS) is 24.4. The van der Waals surface area contributed by atoms with Crippen molar-refractivity contribution in [3.8, 4) is 0 Å². The fourth-order valence-corrected chi connectivity index (χ4v) is 3.03. The van der Waals surface area contributed by atoms with Gasteiger partial charge in [0.2, 0.25) is 0 Å². The standard InChI is InChI=1S/C15H30N2O2/c1-12(2)13-6-5-7-14(10-13)17(11-15(18)19)9-8-16(3)4/h12-14H,5-11H2,1-4H3,(H,18,19). The topological polar surface area (TPSA) is 43.8 Å². The maximum absolute atomic E-state index is 11.1. The predicted octanol–water partition coefficient (Wildman–Crippen LogP) is 2.15. The van der Waals surface area contributed by atoms with Crippen LogP contribution in [0, 0.1) is 11.8 Å². The molecule has 4 heteroatoms. The fraction of sp³-hybridized carbons (Fsp3) is 0.933. The summed E-state index contributed by atoms with van der Waals surface area (Å²) in [6.07, 6.45) is 4.87. The van der Waals surface area contributed by atoms with Gasteiger partial charge in [-0.15, -0.1) is 0 Å². The van der Waals surface area contributed by atoms with Crippen LogP contribution in [-0.4, -0.2) is 60.6 Å². The van der Waals surface area contributed by atoms with Crippen molar-refractivity contribution in [1.29, 1.82) is 0 Å². The van der Waals surface area contributed by atoms with Gasteiger partial charge in [-0.05, 0) is 38.8 Å². The van der Waals surface area contributed by atoms with Crippen molar-refractivity contribution in [1.82, 2.24) is 9.80 Å². The van der Waals surface area contributed by atoms with Gasteiger partial charge in [-0.1, -0.05) is 26.7 Å². The number of aliphatic carboxylic acids is 1. The van der Waals surface area contributed by atoms with Crippen LogP contribution in [0.5, 0.6) is 0 Å². The Labute approximate surface area is 117 Å². The molecule has 2 unspecified atom stereocenters. The van der Waals surface area contributed by atoms with Crippen LogP contribution >= 0.6 is 0 Å². The zero-order valence-corrected chi connectivity index (χ0v) is 12.9. The summed E-state index contributed by atoms with van der Waals surface area (Å²) < 4.78 is 0. The lowest BCUT2D eigenvalue weighted by Gasteiger charge is -2.38. The van der Waals surface area contributed by atoms with E-state index in [2.05, 4.69) is 23.6 Å². The molecule has 1 saturated carbocycles. The molecule has 1 fully saturated rings. The number of carboxylic acids is 1. The summed E-state index contributed by atoms with van der Waals surface area (Å²) in [5.74, 6) is 0.767. The number of nitrogens with zero attached hydrogens (tertiary/aromatic N) is 2. The molecule has 1 aliphatic rings. The van der Waals surface area contributed by atoms with Crippen molar-refractivity contribution in [2.75, 3.05) is 33.7 Å². The molecule has 0 bridgehead atoms. The fourth-order valence-electron chi connectivity index (χ4n) is 3.03. The number of rotatable bonds is 7.